The molecule has 0 saturated heterocycles. The van der Waals surface area contributed by atoms with Crippen LogP contribution in [0.2, 0.25) is 0 Å². The van der Waals surface area contributed by atoms with Gasteiger partial charge in [-0.1, -0.05) is 60.7 Å². The third-order valence-corrected chi connectivity index (χ3v) is 7.17. The summed E-state index contributed by atoms with van der Waals surface area (Å²) in [7, 11) is 0. The van der Waals surface area contributed by atoms with Crippen LogP contribution in [-0.4, -0.2) is 0 Å². The van der Waals surface area contributed by atoms with E-state index in [4.69, 9.17) is 0 Å². The maximum Gasteiger partial charge on any atom is 0.0467 e. The van der Waals surface area contributed by atoms with E-state index in [0.29, 0.717) is 0 Å². The van der Waals surface area contributed by atoms with Crippen LogP contribution in [0.5, 0.6) is 0 Å². The molecule has 0 N–H and O–H groups in total. The summed E-state index contributed by atoms with van der Waals surface area (Å²) >= 11 is 0. The zero-order chi connectivity index (χ0) is 20.8. The Morgan fingerprint density at radius 2 is 1.26 bits per heavy atom. The predicted molar refractivity (Wildman–Crippen MR) is 131 cm³/mol. The first-order valence-electron chi connectivity index (χ1n) is 11.4. The lowest BCUT2D eigenvalue weighted by molar-refractivity contribution is 0.714. The molecule has 0 aliphatic heterocycles. The molecule has 0 aromatic heterocycles. The Kier molecular flexibility index (Phi) is 4.42. The van der Waals surface area contributed by atoms with Gasteiger partial charge in [-0.05, 0) is 102 Å². The molecule has 1 fully saturated rings. The van der Waals surface area contributed by atoms with Crippen molar-refractivity contribution < 1.29 is 0 Å². The second kappa shape index (κ2) is 7.42. The van der Waals surface area contributed by atoms with E-state index >= 15 is 0 Å². The number of hydrogen-bond donors (Lipinski definition) is 0. The number of aryl methyl sites for hydroxylation is 1. The number of nitrogens with zero attached hydrogens (tertiary/aromatic N) is 1. The van der Waals surface area contributed by atoms with Crippen molar-refractivity contribution in [2.45, 2.75) is 38.0 Å². The molecule has 2 aliphatic carbocycles. The first-order valence-corrected chi connectivity index (χ1v) is 11.4. The van der Waals surface area contributed by atoms with Gasteiger partial charge in [0.25, 0.3) is 0 Å². The van der Waals surface area contributed by atoms with Crippen molar-refractivity contribution in [1.82, 2.24) is 0 Å². The van der Waals surface area contributed by atoms with Crippen LogP contribution in [-0.2, 0) is 0 Å². The molecule has 152 valence electrons. The highest BCUT2D eigenvalue weighted by Gasteiger charge is 2.37. The lowest BCUT2D eigenvalue weighted by atomic mass is 9.86. The Labute approximate surface area is 185 Å². The standard InChI is InChI=1S/C30H27N/c1-21-17-25(20-29-23-15-16-24(18-23)30(21)29)22-9-8-14-28(19-22)31(26-10-4-2-5-11-26)27-12-6-3-7-13-27/h2-14,17,19-20,23-24H,15-16,18H2,1H3. The topological polar surface area (TPSA) is 3.24 Å². The highest BCUT2D eigenvalue weighted by Crippen LogP contribution is 2.54. The monoisotopic (exact) mass is 401 g/mol. The Hall–Kier alpha value is -3.32. The van der Waals surface area contributed by atoms with Crippen molar-refractivity contribution in [1.29, 1.82) is 0 Å². The molecule has 2 bridgehead atoms. The Morgan fingerprint density at radius 3 is 1.97 bits per heavy atom. The number of rotatable bonds is 4. The maximum absolute atomic E-state index is 2.49. The lowest BCUT2D eigenvalue weighted by Crippen LogP contribution is -2.09. The summed E-state index contributed by atoms with van der Waals surface area (Å²) in [5.41, 5.74) is 10.9. The fourth-order valence-corrected chi connectivity index (χ4v) is 5.84. The average Bonchev–Trinajstić information content (AvgIpc) is 3.44. The van der Waals surface area contributed by atoms with Gasteiger partial charge in [0.05, 0.1) is 0 Å². The summed E-state index contributed by atoms with van der Waals surface area (Å²) in [6.07, 6.45) is 4.13. The van der Waals surface area contributed by atoms with E-state index in [1.165, 1.54) is 53.0 Å². The fourth-order valence-electron chi connectivity index (χ4n) is 5.84. The first kappa shape index (κ1) is 18.4. The summed E-state index contributed by atoms with van der Waals surface area (Å²) in [5, 5.41) is 0. The molecule has 2 aliphatic rings. The van der Waals surface area contributed by atoms with E-state index in [9.17, 15) is 0 Å². The number of hydrogen-bond acceptors (Lipinski definition) is 1. The van der Waals surface area contributed by atoms with Gasteiger partial charge in [-0.2, -0.15) is 0 Å². The van der Waals surface area contributed by atoms with E-state index in [-0.39, 0.29) is 0 Å². The van der Waals surface area contributed by atoms with Gasteiger partial charge in [0, 0.05) is 17.1 Å². The van der Waals surface area contributed by atoms with Gasteiger partial charge >= 0.3 is 0 Å². The number of anilines is 3. The molecule has 4 aromatic rings. The van der Waals surface area contributed by atoms with Gasteiger partial charge in [-0.3, -0.25) is 0 Å². The zero-order valence-corrected chi connectivity index (χ0v) is 18.0. The number of para-hydroxylation sites is 2. The van der Waals surface area contributed by atoms with Crippen LogP contribution in [0.4, 0.5) is 17.1 Å². The summed E-state index contributed by atoms with van der Waals surface area (Å²) in [4.78, 5) is 2.34. The first-order chi connectivity index (χ1) is 15.3. The van der Waals surface area contributed by atoms with Crippen LogP contribution < -0.4 is 4.90 Å². The zero-order valence-electron chi connectivity index (χ0n) is 18.0. The van der Waals surface area contributed by atoms with Crippen molar-refractivity contribution in [2.75, 3.05) is 4.90 Å². The number of benzene rings is 4. The van der Waals surface area contributed by atoms with E-state index in [1.54, 1.807) is 11.1 Å². The van der Waals surface area contributed by atoms with Crippen molar-refractivity contribution in [3.63, 3.8) is 0 Å². The molecule has 2 unspecified atom stereocenters. The molecular weight excluding hydrogens is 374 g/mol. The van der Waals surface area contributed by atoms with Crippen LogP contribution >= 0.6 is 0 Å². The highest BCUT2D eigenvalue weighted by atomic mass is 15.1. The average molecular weight is 402 g/mol. The quantitative estimate of drug-likeness (QED) is 0.331. The van der Waals surface area contributed by atoms with Gasteiger partial charge in [0.2, 0.25) is 0 Å². The Balaban J connectivity index is 1.46. The van der Waals surface area contributed by atoms with Crippen molar-refractivity contribution in [3.05, 3.63) is 114 Å². The summed E-state index contributed by atoms with van der Waals surface area (Å²) < 4.78 is 0. The minimum Gasteiger partial charge on any atom is -0.310 e. The third kappa shape index (κ3) is 3.16. The van der Waals surface area contributed by atoms with Crippen molar-refractivity contribution in [2.24, 2.45) is 0 Å². The highest BCUT2D eigenvalue weighted by molar-refractivity contribution is 5.80. The van der Waals surface area contributed by atoms with Crippen LogP contribution in [0.3, 0.4) is 0 Å². The minimum absolute atomic E-state index is 0.784. The van der Waals surface area contributed by atoms with Crippen LogP contribution in [0.15, 0.2) is 97.1 Å². The molecule has 0 spiro atoms. The molecule has 0 amide bonds. The summed E-state index contributed by atoms with van der Waals surface area (Å²) in [6, 6.07) is 35.2. The molecule has 4 aromatic carbocycles. The van der Waals surface area contributed by atoms with Gasteiger partial charge in [-0.25, -0.2) is 0 Å². The van der Waals surface area contributed by atoms with Crippen molar-refractivity contribution >= 4 is 17.1 Å². The van der Waals surface area contributed by atoms with Gasteiger partial charge in [-0.15, -0.1) is 0 Å². The largest absolute Gasteiger partial charge is 0.310 e. The SMILES string of the molecule is Cc1cc(-c2cccc(N(c3ccccc3)c3ccccc3)c2)cc2c1C1CCC2C1. The smallest absolute Gasteiger partial charge is 0.0467 e. The van der Waals surface area contributed by atoms with Gasteiger partial charge in [0.1, 0.15) is 0 Å². The van der Waals surface area contributed by atoms with E-state index < -0.39 is 0 Å². The molecular formula is C30H27N. The van der Waals surface area contributed by atoms with Crippen LogP contribution in [0.1, 0.15) is 47.8 Å². The second-order valence-electron chi connectivity index (χ2n) is 9.06. The molecule has 31 heavy (non-hydrogen) atoms. The Morgan fingerprint density at radius 1 is 0.613 bits per heavy atom. The maximum atomic E-state index is 2.49. The lowest BCUT2D eigenvalue weighted by Gasteiger charge is -2.26. The summed E-state index contributed by atoms with van der Waals surface area (Å²) in [5.74, 6) is 1.60. The molecule has 0 radical (unpaired) electrons. The normalized spacial score (nSPS) is 18.7. The molecule has 2 atom stereocenters. The predicted octanol–water partition coefficient (Wildman–Crippen LogP) is 8.50. The molecule has 1 saturated carbocycles. The van der Waals surface area contributed by atoms with Gasteiger partial charge < -0.3 is 4.90 Å². The summed E-state index contributed by atoms with van der Waals surface area (Å²) in [6.45, 7) is 2.31. The minimum atomic E-state index is 0.784. The Bertz CT molecular complexity index is 1190. The fraction of sp³-hybridized carbons (Fsp3) is 0.200. The van der Waals surface area contributed by atoms with Gasteiger partial charge in [0.15, 0.2) is 0 Å². The molecule has 6 rings (SSSR count). The van der Waals surface area contributed by atoms with E-state index in [0.717, 1.165) is 11.8 Å². The molecule has 0 heterocycles. The van der Waals surface area contributed by atoms with Crippen molar-refractivity contribution in [3.8, 4) is 11.1 Å². The molecule has 1 heteroatoms. The van der Waals surface area contributed by atoms with E-state index in [2.05, 4.69) is 109 Å². The van der Waals surface area contributed by atoms with Crippen LogP contribution in [0, 0.1) is 6.92 Å². The van der Waals surface area contributed by atoms with Crippen LogP contribution in [0.25, 0.3) is 11.1 Å². The molecule has 1 nitrogen and oxygen atoms in total. The third-order valence-electron chi connectivity index (χ3n) is 7.17. The van der Waals surface area contributed by atoms with E-state index in [1.807, 2.05) is 0 Å². The second-order valence-corrected chi connectivity index (χ2v) is 9.06. The number of fused-ring (bicyclic) bond motifs is 5.